The average Bonchev–Trinajstić information content (AvgIpc) is 2.88. The van der Waals surface area contributed by atoms with Crippen molar-refractivity contribution in [2.45, 2.75) is 59.2 Å². The Balaban J connectivity index is 2.00. The molecule has 3 atom stereocenters. The van der Waals surface area contributed by atoms with Crippen LogP contribution in [0.15, 0.2) is 0 Å². The van der Waals surface area contributed by atoms with E-state index >= 15 is 0 Å². The van der Waals surface area contributed by atoms with Gasteiger partial charge in [0.05, 0.1) is 18.8 Å². The summed E-state index contributed by atoms with van der Waals surface area (Å²) in [5, 5.41) is 13.3. The first-order chi connectivity index (χ1) is 9.97. The molecular weight excluding hydrogens is 264 g/mol. The van der Waals surface area contributed by atoms with E-state index in [1.807, 2.05) is 0 Å². The molecule has 2 N–H and O–H groups in total. The van der Waals surface area contributed by atoms with Crippen molar-refractivity contribution < 1.29 is 9.84 Å². The van der Waals surface area contributed by atoms with Gasteiger partial charge in [-0.1, -0.05) is 20.8 Å². The van der Waals surface area contributed by atoms with Crippen molar-refractivity contribution in [1.82, 2.24) is 10.2 Å². The maximum atomic E-state index is 9.93. The maximum absolute atomic E-state index is 9.93. The molecule has 4 nitrogen and oxygen atoms in total. The quantitative estimate of drug-likeness (QED) is 0.613. The van der Waals surface area contributed by atoms with Gasteiger partial charge >= 0.3 is 0 Å². The molecule has 1 aliphatic rings. The van der Waals surface area contributed by atoms with Crippen molar-refractivity contribution in [2.24, 2.45) is 11.8 Å². The fraction of sp³-hybridized carbons (Fsp3) is 1.00. The minimum absolute atomic E-state index is 0.230. The van der Waals surface area contributed by atoms with Crippen LogP contribution in [0.1, 0.15) is 47.0 Å². The number of hydrogen-bond donors (Lipinski definition) is 2. The molecule has 0 aromatic heterocycles. The normalized spacial score (nSPS) is 20.9. The zero-order chi connectivity index (χ0) is 15.7. The first kappa shape index (κ1) is 18.9. The minimum atomic E-state index is -0.404. The van der Waals surface area contributed by atoms with E-state index < -0.39 is 6.10 Å². The first-order valence-electron chi connectivity index (χ1n) is 8.70. The SMILES string of the molecule is CC(C)CC(C)OCC(O)CNCC(C)CN1CCCC1. The summed E-state index contributed by atoms with van der Waals surface area (Å²) >= 11 is 0. The molecule has 126 valence electrons. The Bertz CT molecular complexity index is 255. The lowest BCUT2D eigenvalue weighted by atomic mass is 10.1. The standard InChI is InChI=1S/C17H36N2O2/c1-14(2)9-16(4)21-13-17(20)11-18-10-15(3)12-19-7-5-6-8-19/h14-18,20H,5-13H2,1-4H3. The molecule has 1 rings (SSSR count). The van der Waals surface area contributed by atoms with E-state index in [4.69, 9.17) is 4.74 Å². The van der Waals surface area contributed by atoms with Gasteiger partial charge in [-0.25, -0.2) is 0 Å². The van der Waals surface area contributed by atoms with Crippen molar-refractivity contribution in [1.29, 1.82) is 0 Å². The summed E-state index contributed by atoms with van der Waals surface area (Å²) in [6.45, 7) is 14.5. The molecule has 0 bridgehead atoms. The van der Waals surface area contributed by atoms with Crippen LogP contribution in [0.5, 0.6) is 0 Å². The van der Waals surface area contributed by atoms with Crippen molar-refractivity contribution >= 4 is 0 Å². The Morgan fingerprint density at radius 1 is 1.10 bits per heavy atom. The fourth-order valence-corrected chi connectivity index (χ4v) is 3.03. The molecule has 3 unspecified atom stereocenters. The molecule has 1 aliphatic heterocycles. The van der Waals surface area contributed by atoms with Crippen molar-refractivity contribution in [3.8, 4) is 0 Å². The molecule has 0 aliphatic carbocycles. The highest BCUT2D eigenvalue weighted by atomic mass is 16.5. The molecule has 21 heavy (non-hydrogen) atoms. The smallest absolute Gasteiger partial charge is 0.0897 e. The van der Waals surface area contributed by atoms with Gasteiger partial charge in [0.1, 0.15) is 0 Å². The van der Waals surface area contributed by atoms with E-state index in [1.54, 1.807) is 0 Å². The molecule has 1 heterocycles. The number of nitrogens with zero attached hydrogens (tertiary/aromatic N) is 1. The third-order valence-corrected chi connectivity index (χ3v) is 4.02. The van der Waals surface area contributed by atoms with Gasteiger partial charge in [0.25, 0.3) is 0 Å². The Morgan fingerprint density at radius 3 is 2.38 bits per heavy atom. The summed E-state index contributed by atoms with van der Waals surface area (Å²) in [5.74, 6) is 1.28. The molecule has 0 aromatic rings. The third kappa shape index (κ3) is 9.46. The zero-order valence-electron chi connectivity index (χ0n) is 14.5. The highest BCUT2D eigenvalue weighted by Crippen LogP contribution is 2.10. The lowest BCUT2D eigenvalue weighted by molar-refractivity contribution is -0.00870. The number of hydrogen-bond acceptors (Lipinski definition) is 4. The van der Waals surface area contributed by atoms with Crippen molar-refractivity contribution in [2.75, 3.05) is 39.3 Å². The number of aliphatic hydroxyl groups is 1. The number of rotatable bonds is 11. The largest absolute Gasteiger partial charge is 0.389 e. The third-order valence-electron chi connectivity index (χ3n) is 4.02. The van der Waals surface area contributed by atoms with Crippen LogP contribution < -0.4 is 5.32 Å². The van der Waals surface area contributed by atoms with Gasteiger partial charge in [0.2, 0.25) is 0 Å². The van der Waals surface area contributed by atoms with Crippen LogP contribution in [0.2, 0.25) is 0 Å². The Kier molecular flexibility index (Phi) is 9.49. The Labute approximate surface area is 131 Å². The molecule has 0 saturated carbocycles. The second-order valence-electron chi connectivity index (χ2n) is 7.20. The predicted molar refractivity (Wildman–Crippen MR) is 88.6 cm³/mol. The number of aliphatic hydroxyl groups excluding tert-OH is 1. The van der Waals surface area contributed by atoms with Gasteiger partial charge in [-0.2, -0.15) is 0 Å². The summed E-state index contributed by atoms with van der Waals surface area (Å²) < 4.78 is 5.68. The lowest BCUT2D eigenvalue weighted by Gasteiger charge is -2.22. The van der Waals surface area contributed by atoms with E-state index in [-0.39, 0.29) is 6.10 Å². The molecule has 0 spiro atoms. The van der Waals surface area contributed by atoms with E-state index in [2.05, 4.69) is 37.9 Å². The summed E-state index contributed by atoms with van der Waals surface area (Å²) in [4.78, 5) is 2.54. The number of likely N-dealkylation sites (tertiary alicyclic amines) is 1. The van der Waals surface area contributed by atoms with Crippen molar-refractivity contribution in [3.63, 3.8) is 0 Å². The summed E-state index contributed by atoms with van der Waals surface area (Å²) in [7, 11) is 0. The van der Waals surface area contributed by atoms with Gasteiger partial charge in [-0.3, -0.25) is 0 Å². The van der Waals surface area contributed by atoms with Crippen LogP contribution >= 0.6 is 0 Å². The van der Waals surface area contributed by atoms with Gasteiger partial charge < -0.3 is 20.1 Å². The van der Waals surface area contributed by atoms with Crippen LogP contribution in [0, 0.1) is 11.8 Å². The maximum Gasteiger partial charge on any atom is 0.0897 e. The van der Waals surface area contributed by atoms with Crippen molar-refractivity contribution in [3.05, 3.63) is 0 Å². The highest BCUT2D eigenvalue weighted by Gasteiger charge is 2.15. The molecule has 1 saturated heterocycles. The van der Waals surface area contributed by atoms with Crippen LogP contribution in [0.25, 0.3) is 0 Å². The summed E-state index contributed by atoms with van der Waals surface area (Å²) in [5.41, 5.74) is 0. The molecular formula is C17H36N2O2. The molecule has 1 fully saturated rings. The predicted octanol–water partition coefficient (Wildman–Crippen LogP) is 2.12. The second kappa shape index (κ2) is 10.5. The topological polar surface area (TPSA) is 44.7 Å². The highest BCUT2D eigenvalue weighted by molar-refractivity contribution is 4.71. The molecule has 0 aromatic carbocycles. The Morgan fingerprint density at radius 2 is 1.76 bits per heavy atom. The number of nitrogens with one attached hydrogen (secondary N) is 1. The van der Waals surface area contributed by atoms with Crippen LogP contribution in [-0.2, 0) is 4.74 Å². The second-order valence-corrected chi connectivity index (χ2v) is 7.20. The lowest BCUT2D eigenvalue weighted by Crippen LogP contribution is -2.36. The zero-order valence-corrected chi connectivity index (χ0v) is 14.5. The van der Waals surface area contributed by atoms with Crippen LogP contribution in [-0.4, -0.2) is 61.5 Å². The summed E-state index contributed by atoms with van der Waals surface area (Å²) in [6, 6.07) is 0. The van der Waals surface area contributed by atoms with Gasteiger partial charge in [0, 0.05) is 13.1 Å². The van der Waals surface area contributed by atoms with Gasteiger partial charge in [-0.15, -0.1) is 0 Å². The van der Waals surface area contributed by atoms with Gasteiger partial charge in [-0.05, 0) is 57.7 Å². The molecule has 0 radical (unpaired) electrons. The summed E-state index contributed by atoms with van der Waals surface area (Å²) in [6.07, 6.45) is 3.58. The first-order valence-corrected chi connectivity index (χ1v) is 8.70. The average molecular weight is 300 g/mol. The van der Waals surface area contributed by atoms with E-state index in [0.717, 1.165) is 13.0 Å². The monoisotopic (exact) mass is 300 g/mol. The van der Waals surface area contributed by atoms with Crippen LogP contribution in [0.3, 0.4) is 0 Å². The Hall–Kier alpha value is -0.160. The molecule has 4 heteroatoms. The number of ether oxygens (including phenoxy) is 1. The molecule has 0 amide bonds. The fourth-order valence-electron chi connectivity index (χ4n) is 3.03. The van der Waals surface area contributed by atoms with E-state index in [9.17, 15) is 5.11 Å². The van der Waals surface area contributed by atoms with Gasteiger partial charge in [0.15, 0.2) is 0 Å². The minimum Gasteiger partial charge on any atom is -0.389 e. The van der Waals surface area contributed by atoms with Crippen LogP contribution in [0.4, 0.5) is 0 Å². The van der Waals surface area contributed by atoms with E-state index in [1.165, 1.54) is 32.5 Å². The van der Waals surface area contributed by atoms with E-state index in [0.29, 0.717) is 25.0 Å².